The predicted octanol–water partition coefficient (Wildman–Crippen LogP) is 5.21. The minimum Gasteiger partial charge on any atom is -0.294 e. The third-order valence-corrected chi connectivity index (χ3v) is 5.77. The van der Waals surface area contributed by atoms with E-state index in [9.17, 15) is 0 Å². The van der Waals surface area contributed by atoms with Gasteiger partial charge in [-0.25, -0.2) is 15.0 Å². The maximum atomic E-state index is 6.50. The molecule has 0 saturated heterocycles. The van der Waals surface area contributed by atoms with E-state index in [4.69, 9.17) is 16.6 Å². The van der Waals surface area contributed by atoms with E-state index in [-0.39, 0.29) is 0 Å². The van der Waals surface area contributed by atoms with Gasteiger partial charge in [0.05, 0.1) is 11.2 Å². The highest BCUT2D eigenvalue weighted by Crippen LogP contribution is 2.26. The van der Waals surface area contributed by atoms with Crippen molar-refractivity contribution >= 4 is 22.5 Å². The van der Waals surface area contributed by atoms with Crippen molar-refractivity contribution in [2.24, 2.45) is 0 Å². The van der Waals surface area contributed by atoms with E-state index in [0.717, 1.165) is 59.6 Å². The summed E-state index contributed by atoms with van der Waals surface area (Å²) in [6.07, 6.45) is 2.88. The first-order chi connectivity index (χ1) is 14.2. The lowest BCUT2D eigenvalue weighted by molar-refractivity contribution is 0.243. The fourth-order valence-corrected chi connectivity index (χ4v) is 4.09. The fraction of sp³-hybridized carbons (Fsp3) is 0.208. The van der Waals surface area contributed by atoms with Crippen LogP contribution in [0.4, 0.5) is 0 Å². The van der Waals surface area contributed by atoms with Crippen LogP contribution in [-0.4, -0.2) is 26.4 Å². The molecule has 5 rings (SSSR count). The Morgan fingerprint density at radius 3 is 2.76 bits per heavy atom. The van der Waals surface area contributed by atoms with Crippen molar-refractivity contribution in [3.63, 3.8) is 0 Å². The molecule has 1 aliphatic rings. The van der Waals surface area contributed by atoms with Crippen molar-refractivity contribution in [3.05, 3.63) is 88.3 Å². The van der Waals surface area contributed by atoms with Crippen LogP contribution in [0.25, 0.3) is 22.3 Å². The lowest BCUT2D eigenvalue weighted by Gasteiger charge is -2.28. The van der Waals surface area contributed by atoms with Crippen LogP contribution >= 0.6 is 11.6 Å². The minimum atomic E-state index is 0.588. The molecule has 5 heteroatoms. The summed E-state index contributed by atoms with van der Waals surface area (Å²) in [5.41, 5.74) is 6.60. The monoisotopic (exact) mass is 400 g/mol. The highest BCUT2D eigenvalue weighted by molar-refractivity contribution is 6.30. The van der Waals surface area contributed by atoms with E-state index >= 15 is 0 Å². The Morgan fingerprint density at radius 2 is 1.90 bits per heavy atom. The second-order valence-corrected chi connectivity index (χ2v) is 7.98. The van der Waals surface area contributed by atoms with Gasteiger partial charge in [-0.05, 0) is 24.6 Å². The van der Waals surface area contributed by atoms with Crippen molar-refractivity contribution in [3.8, 4) is 11.4 Å². The van der Waals surface area contributed by atoms with E-state index in [1.54, 1.807) is 0 Å². The Morgan fingerprint density at radius 1 is 1.03 bits per heavy atom. The van der Waals surface area contributed by atoms with Crippen molar-refractivity contribution < 1.29 is 0 Å². The number of aromatic nitrogens is 3. The number of hydrogen-bond acceptors (Lipinski definition) is 4. The third-order valence-electron chi connectivity index (χ3n) is 5.44. The van der Waals surface area contributed by atoms with Crippen LogP contribution < -0.4 is 0 Å². The summed E-state index contributed by atoms with van der Waals surface area (Å²) in [7, 11) is 0. The standard InChI is InChI=1S/C24H21ClN4/c1-16-7-8-18-12-19(23(25)27-22(18)11-16)14-29-10-9-21-20(15-29)13-26-24(28-21)17-5-3-2-4-6-17/h2-8,11-13H,9-10,14-15H2,1H3. The van der Waals surface area contributed by atoms with Gasteiger partial charge in [-0.2, -0.15) is 0 Å². The maximum Gasteiger partial charge on any atom is 0.159 e. The lowest BCUT2D eigenvalue weighted by atomic mass is 10.1. The molecule has 4 nitrogen and oxygen atoms in total. The SMILES string of the molecule is Cc1ccc2cc(CN3CCc4nc(-c5ccccc5)ncc4C3)c(Cl)nc2c1. The summed E-state index contributed by atoms with van der Waals surface area (Å²) in [5, 5.41) is 1.72. The van der Waals surface area contributed by atoms with Crippen LogP contribution in [0, 0.1) is 6.92 Å². The van der Waals surface area contributed by atoms with Gasteiger partial charge in [0.15, 0.2) is 5.82 Å². The quantitative estimate of drug-likeness (QED) is 0.442. The Hall–Kier alpha value is -2.82. The van der Waals surface area contributed by atoms with Gasteiger partial charge in [0.2, 0.25) is 0 Å². The second-order valence-electron chi connectivity index (χ2n) is 7.63. The number of halogens is 1. The molecule has 0 amide bonds. The number of pyridine rings is 1. The van der Waals surface area contributed by atoms with Gasteiger partial charge in [-0.3, -0.25) is 4.90 Å². The van der Waals surface area contributed by atoms with E-state index in [0.29, 0.717) is 5.15 Å². The van der Waals surface area contributed by atoms with E-state index in [1.807, 2.05) is 36.5 Å². The van der Waals surface area contributed by atoms with Gasteiger partial charge >= 0.3 is 0 Å². The average molecular weight is 401 g/mol. The summed E-state index contributed by atoms with van der Waals surface area (Å²) >= 11 is 6.50. The third kappa shape index (κ3) is 3.74. The number of hydrogen-bond donors (Lipinski definition) is 0. The van der Waals surface area contributed by atoms with Gasteiger partial charge in [0.25, 0.3) is 0 Å². The van der Waals surface area contributed by atoms with Crippen molar-refractivity contribution in [2.45, 2.75) is 26.4 Å². The molecule has 4 aromatic rings. The molecule has 0 bridgehead atoms. The summed E-state index contributed by atoms with van der Waals surface area (Å²) in [6, 6.07) is 18.6. The van der Waals surface area contributed by atoms with Crippen LogP contribution in [0.5, 0.6) is 0 Å². The summed E-state index contributed by atoms with van der Waals surface area (Å²) < 4.78 is 0. The molecule has 0 radical (unpaired) electrons. The molecule has 2 aromatic heterocycles. The van der Waals surface area contributed by atoms with E-state index < -0.39 is 0 Å². The van der Waals surface area contributed by atoms with Crippen molar-refractivity contribution in [1.29, 1.82) is 0 Å². The first-order valence-corrected chi connectivity index (χ1v) is 10.2. The smallest absolute Gasteiger partial charge is 0.159 e. The normalized spacial score (nSPS) is 14.1. The predicted molar refractivity (Wildman–Crippen MR) is 117 cm³/mol. The second kappa shape index (κ2) is 7.54. The summed E-state index contributed by atoms with van der Waals surface area (Å²) in [4.78, 5) is 16.4. The van der Waals surface area contributed by atoms with Gasteiger partial charge in [-0.1, -0.05) is 54.1 Å². The largest absolute Gasteiger partial charge is 0.294 e. The molecule has 0 saturated carbocycles. The first kappa shape index (κ1) is 18.2. The molecule has 144 valence electrons. The fourth-order valence-electron chi connectivity index (χ4n) is 3.89. The molecule has 29 heavy (non-hydrogen) atoms. The molecule has 0 aliphatic carbocycles. The number of rotatable bonds is 3. The van der Waals surface area contributed by atoms with Crippen LogP contribution in [0.3, 0.4) is 0 Å². The Kier molecular flexibility index (Phi) is 4.74. The zero-order chi connectivity index (χ0) is 19.8. The van der Waals surface area contributed by atoms with Crippen molar-refractivity contribution in [2.75, 3.05) is 6.54 Å². The zero-order valence-electron chi connectivity index (χ0n) is 16.3. The number of fused-ring (bicyclic) bond motifs is 2. The lowest BCUT2D eigenvalue weighted by Crippen LogP contribution is -2.31. The number of aryl methyl sites for hydroxylation is 1. The molecule has 0 N–H and O–H groups in total. The molecular formula is C24H21ClN4. The van der Waals surface area contributed by atoms with Gasteiger partial charge in [0.1, 0.15) is 5.15 Å². The Labute approximate surface area is 175 Å². The Balaban J connectivity index is 1.37. The molecule has 0 spiro atoms. The maximum absolute atomic E-state index is 6.50. The highest BCUT2D eigenvalue weighted by Gasteiger charge is 2.20. The molecule has 3 heterocycles. The molecule has 0 fully saturated rings. The molecule has 1 aliphatic heterocycles. The first-order valence-electron chi connectivity index (χ1n) is 9.84. The minimum absolute atomic E-state index is 0.588. The summed E-state index contributed by atoms with van der Waals surface area (Å²) in [6.45, 7) is 4.61. The van der Waals surface area contributed by atoms with Gasteiger partial charge in [0, 0.05) is 54.3 Å². The molecule has 2 aromatic carbocycles. The van der Waals surface area contributed by atoms with Crippen LogP contribution in [0.15, 0.2) is 60.8 Å². The highest BCUT2D eigenvalue weighted by atomic mass is 35.5. The summed E-state index contributed by atoms with van der Waals surface area (Å²) in [5.74, 6) is 0.801. The molecular weight excluding hydrogens is 380 g/mol. The topological polar surface area (TPSA) is 41.9 Å². The number of benzene rings is 2. The number of nitrogens with zero attached hydrogens (tertiary/aromatic N) is 4. The van der Waals surface area contributed by atoms with E-state index in [2.05, 4.69) is 46.1 Å². The molecule has 0 unspecified atom stereocenters. The van der Waals surface area contributed by atoms with E-state index in [1.165, 1.54) is 11.1 Å². The van der Waals surface area contributed by atoms with Crippen LogP contribution in [0.2, 0.25) is 5.15 Å². The Bertz CT molecular complexity index is 1190. The van der Waals surface area contributed by atoms with Gasteiger partial charge < -0.3 is 0 Å². The van der Waals surface area contributed by atoms with Crippen LogP contribution in [0.1, 0.15) is 22.4 Å². The van der Waals surface area contributed by atoms with Crippen molar-refractivity contribution in [1.82, 2.24) is 19.9 Å². The van der Waals surface area contributed by atoms with Crippen LogP contribution in [-0.2, 0) is 19.5 Å². The van der Waals surface area contributed by atoms with Gasteiger partial charge in [-0.15, -0.1) is 0 Å². The molecule has 0 atom stereocenters. The average Bonchev–Trinajstić information content (AvgIpc) is 2.75. The zero-order valence-corrected chi connectivity index (χ0v) is 17.0.